The van der Waals surface area contributed by atoms with Gasteiger partial charge in [0.25, 0.3) is 0 Å². The van der Waals surface area contributed by atoms with Crippen molar-refractivity contribution in [2.75, 3.05) is 30.9 Å². The van der Waals surface area contributed by atoms with E-state index in [0.29, 0.717) is 11.9 Å². The van der Waals surface area contributed by atoms with E-state index in [0.717, 1.165) is 38.6 Å². The summed E-state index contributed by atoms with van der Waals surface area (Å²) in [5, 5.41) is 16.2. The smallest absolute Gasteiger partial charge is 0.322 e. The van der Waals surface area contributed by atoms with Crippen LogP contribution in [-0.2, 0) is 0 Å². The molecule has 0 spiro atoms. The lowest BCUT2D eigenvalue weighted by Crippen LogP contribution is -2.44. The highest BCUT2D eigenvalue weighted by Crippen LogP contribution is 2.30. The van der Waals surface area contributed by atoms with Crippen LogP contribution in [0.2, 0.25) is 0 Å². The third-order valence-electron chi connectivity index (χ3n) is 3.82. The van der Waals surface area contributed by atoms with Crippen molar-refractivity contribution in [3.63, 3.8) is 0 Å². The molecular formula is C14H25N5O2. The molecule has 0 saturated heterocycles. The van der Waals surface area contributed by atoms with E-state index in [9.17, 15) is 5.11 Å². The van der Waals surface area contributed by atoms with E-state index in [1.807, 2.05) is 0 Å². The topological polar surface area (TPSA) is 92.2 Å². The zero-order valence-electron chi connectivity index (χ0n) is 12.9. The first-order valence-electron chi connectivity index (χ1n) is 7.64. The standard InChI is InChI=1S/C14H25N5O2/c1-3-9-15-11-16-12(18-13(17-11)21-2)19-14(10-20)7-5-4-6-8-14/h20H,3-10H2,1-2H3,(H2,15,16,17,18,19). The molecular weight excluding hydrogens is 270 g/mol. The molecule has 1 aliphatic rings. The van der Waals surface area contributed by atoms with Crippen LogP contribution in [0.3, 0.4) is 0 Å². The van der Waals surface area contributed by atoms with Gasteiger partial charge in [0.2, 0.25) is 11.9 Å². The van der Waals surface area contributed by atoms with Crippen LogP contribution in [0.25, 0.3) is 0 Å². The van der Waals surface area contributed by atoms with Crippen molar-refractivity contribution in [2.24, 2.45) is 0 Å². The Morgan fingerprint density at radius 1 is 1.14 bits per heavy atom. The Morgan fingerprint density at radius 3 is 2.48 bits per heavy atom. The molecule has 1 heterocycles. The lowest BCUT2D eigenvalue weighted by Gasteiger charge is -2.36. The number of nitrogens with zero attached hydrogens (tertiary/aromatic N) is 3. The molecule has 0 radical (unpaired) electrons. The number of aliphatic hydroxyl groups is 1. The second-order valence-electron chi connectivity index (χ2n) is 5.52. The van der Waals surface area contributed by atoms with Gasteiger partial charge in [0.1, 0.15) is 0 Å². The summed E-state index contributed by atoms with van der Waals surface area (Å²) in [6.45, 7) is 2.95. The maximum absolute atomic E-state index is 9.76. The van der Waals surface area contributed by atoms with E-state index < -0.39 is 0 Å². The number of rotatable bonds is 7. The van der Waals surface area contributed by atoms with Gasteiger partial charge in [-0.2, -0.15) is 15.0 Å². The predicted octanol–water partition coefficient (Wildman–Crippen LogP) is 1.81. The van der Waals surface area contributed by atoms with Gasteiger partial charge in [-0.3, -0.25) is 0 Å². The molecule has 1 fully saturated rings. The minimum Gasteiger partial charge on any atom is -0.467 e. The van der Waals surface area contributed by atoms with Crippen LogP contribution in [0.15, 0.2) is 0 Å². The number of aliphatic hydroxyl groups excluding tert-OH is 1. The molecule has 1 saturated carbocycles. The van der Waals surface area contributed by atoms with Gasteiger partial charge in [-0.15, -0.1) is 0 Å². The Morgan fingerprint density at radius 2 is 1.86 bits per heavy atom. The molecule has 0 bridgehead atoms. The Hall–Kier alpha value is -1.63. The Labute approximate surface area is 125 Å². The zero-order chi connectivity index (χ0) is 15.1. The highest BCUT2D eigenvalue weighted by molar-refractivity contribution is 5.38. The maximum Gasteiger partial charge on any atom is 0.322 e. The SMILES string of the molecule is CCCNc1nc(NC2(CO)CCCCC2)nc(OC)n1. The Bertz CT molecular complexity index is 449. The summed E-state index contributed by atoms with van der Waals surface area (Å²) >= 11 is 0. The second kappa shape index (κ2) is 7.40. The minimum absolute atomic E-state index is 0.0821. The molecule has 0 unspecified atom stereocenters. The number of methoxy groups -OCH3 is 1. The van der Waals surface area contributed by atoms with Gasteiger partial charge >= 0.3 is 6.01 Å². The van der Waals surface area contributed by atoms with E-state index in [2.05, 4.69) is 32.5 Å². The lowest BCUT2D eigenvalue weighted by atomic mass is 9.82. The summed E-state index contributed by atoms with van der Waals surface area (Å²) in [6.07, 6.45) is 6.27. The highest BCUT2D eigenvalue weighted by atomic mass is 16.5. The molecule has 7 heteroatoms. The Kier molecular flexibility index (Phi) is 5.55. The van der Waals surface area contributed by atoms with E-state index in [4.69, 9.17) is 4.74 Å². The number of ether oxygens (including phenoxy) is 1. The average molecular weight is 295 g/mol. The van der Waals surface area contributed by atoms with Crippen LogP contribution in [0, 0.1) is 0 Å². The van der Waals surface area contributed by atoms with Crippen LogP contribution in [-0.4, -0.2) is 45.9 Å². The summed E-state index contributed by atoms with van der Waals surface area (Å²) in [6, 6.07) is 0.273. The summed E-state index contributed by atoms with van der Waals surface area (Å²) in [5.41, 5.74) is -0.327. The van der Waals surface area contributed by atoms with Crippen molar-refractivity contribution in [3.05, 3.63) is 0 Å². The molecule has 1 aliphatic carbocycles. The van der Waals surface area contributed by atoms with Crippen molar-refractivity contribution < 1.29 is 9.84 Å². The molecule has 0 aromatic carbocycles. The van der Waals surface area contributed by atoms with Crippen molar-refractivity contribution >= 4 is 11.9 Å². The fourth-order valence-corrected chi connectivity index (χ4v) is 2.61. The number of hydrogen-bond acceptors (Lipinski definition) is 7. The molecule has 1 aromatic rings. The van der Waals surface area contributed by atoms with E-state index in [1.165, 1.54) is 13.5 Å². The first kappa shape index (κ1) is 15.8. The molecule has 0 amide bonds. The van der Waals surface area contributed by atoms with Crippen LogP contribution < -0.4 is 15.4 Å². The molecule has 3 N–H and O–H groups in total. The third-order valence-corrected chi connectivity index (χ3v) is 3.82. The Balaban J connectivity index is 2.16. The van der Waals surface area contributed by atoms with E-state index >= 15 is 0 Å². The molecule has 118 valence electrons. The summed E-state index contributed by atoms with van der Waals surface area (Å²) < 4.78 is 5.13. The van der Waals surface area contributed by atoms with Crippen molar-refractivity contribution in [2.45, 2.75) is 51.0 Å². The van der Waals surface area contributed by atoms with Crippen molar-refractivity contribution in [3.8, 4) is 6.01 Å². The molecule has 0 atom stereocenters. The van der Waals surface area contributed by atoms with Gasteiger partial charge in [0, 0.05) is 6.54 Å². The minimum atomic E-state index is -0.327. The van der Waals surface area contributed by atoms with Crippen molar-refractivity contribution in [1.82, 2.24) is 15.0 Å². The van der Waals surface area contributed by atoms with Gasteiger partial charge in [-0.1, -0.05) is 26.2 Å². The highest BCUT2D eigenvalue weighted by Gasteiger charge is 2.32. The number of nitrogens with one attached hydrogen (secondary N) is 2. The molecule has 1 aromatic heterocycles. The van der Waals surface area contributed by atoms with Crippen molar-refractivity contribution in [1.29, 1.82) is 0 Å². The fraction of sp³-hybridized carbons (Fsp3) is 0.786. The van der Waals surface area contributed by atoms with Gasteiger partial charge < -0.3 is 20.5 Å². The molecule has 21 heavy (non-hydrogen) atoms. The normalized spacial score (nSPS) is 17.3. The van der Waals surface area contributed by atoms with E-state index in [1.54, 1.807) is 0 Å². The fourth-order valence-electron chi connectivity index (χ4n) is 2.61. The summed E-state index contributed by atoms with van der Waals surface area (Å²) in [5.74, 6) is 0.950. The molecule has 0 aliphatic heterocycles. The first-order valence-corrected chi connectivity index (χ1v) is 7.64. The first-order chi connectivity index (χ1) is 10.2. The van der Waals surface area contributed by atoms with Gasteiger partial charge in [0.05, 0.1) is 19.3 Å². The summed E-state index contributed by atoms with van der Waals surface area (Å²) in [7, 11) is 1.53. The quantitative estimate of drug-likeness (QED) is 0.706. The number of hydrogen-bond donors (Lipinski definition) is 3. The van der Waals surface area contributed by atoms with Crippen LogP contribution in [0.1, 0.15) is 45.4 Å². The van der Waals surface area contributed by atoms with Crippen LogP contribution in [0.5, 0.6) is 6.01 Å². The van der Waals surface area contributed by atoms with E-state index in [-0.39, 0.29) is 18.2 Å². The predicted molar refractivity (Wildman–Crippen MR) is 81.7 cm³/mol. The maximum atomic E-state index is 9.76. The zero-order valence-corrected chi connectivity index (χ0v) is 12.9. The van der Waals surface area contributed by atoms with Gasteiger partial charge in [0.15, 0.2) is 0 Å². The molecule has 7 nitrogen and oxygen atoms in total. The number of aromatic nitrogens is 3. The van der Waals surface area contributed by atoms with Gasteiger partial charge in [-0.25, -0.2) is 0 Å². The van der Waals surface area contributed by atoms with Crippen LogP contribution in [0.4, 0.5) is 11.9 Å². The molecule has 2 rings (SSSR count). The van der Waals surface area contributed by atoms with Crippen LogP contribution >= 0.6 is 0 Å². The number of anilines is 2. The average Bonchev–Trinajstić information content (AvgIpc) is 2.53. The lowest BCUT2D eigenvalue weighted by molar-refractivity contribution is 0.172. The monoisotopic (exact) mass is 295 g/mol. The second-order valence-corrected chi connectivity index (χ2v) is 5.52. The largest absolute Gasteiger partial charge is 0.467 e. The third kappa shape index (κ3) is 4.17. The summed E-state index contributed by atoms with van der Waals surface area (Å²) in [4.78, 5) is 12.8. The van der Waals surface area contributed by atoms with Gasteiger partial charge in [-0.05, 0) is 19.3 Å².